The predicted molar refractivity (Wildman–Crippen MR) is 98.2 cm³/mol. The van der Waals surface area contributed by atoms with Gasteiger partial charge in [-0.05, 0) is 38.4 Å². The SMILES string of the molecule is CCN1CC[C@]2(CCC1=O)CN(C(=O)Cc1ccccc1F)CCN2C. The van der Waals surface area contributed by atoms with Gasteiger partial charge in [-0.1, -0.05) is 18.2 Å². The van der Waals surface area contributed by atoms with Gasteiger partial charge in [0.25, 0.3) is 0 Å². The van der Waals surface area contributed by atoms with E-state index in [0.717, 1.165) is 32.5 Å². The van der Waals surface area contributed by atoms with Crippen molar-refractivity contribution in [1.82, 2.24) is 14.7 Å². The summed E-state index contributed by atoms with van der Waals surface area (Å²) in [5.74, 6) is -0.165. The molecule has 0 saturated carbocycles. The molecular weight excluding hydrogens is 333 g/mol. The van der Waals surface area contributed by atoms with Crippen LogP contribution in [0.1, 0.15) is 31.7 Å². The zero-order valence-electron chi connectivity index (χ0n) is 15.7. The van der Waals surface area contributed by atoms with E-state index < -0.39 is 0 Å². The van der Waals surface area contributed by atoms with Gasteiger partial charge >= 0.3 is 0 Å². The van der Waals surface area contributed by atoms with Crippen LogP contribution in [0.4, 0.5) is 4.39 Å². The molecule has 2 aliphatic rings. The fourth-order valence-electron chi connectivity index (χ4n) is 4.16. The minimum Gasteiger partial charge on any atom is -0.343 e. The maximum Gasteiger partial charge on any atom is 0.227 e. The van der Waals surface area contributed by atoms with Crippen LogP contribution in [-0.2, 0) is 16.0 Å². The van der Waals surface area contributed by atoms with Crippen LogP contribution in [0.5, 0.6) is 0 Å². The number of carbonyl (C=O) groups is 2. The highest BCUT2D eigenvalue weighted by Crippen LogP contribution is 2.32. The van der Waals surface area contributed by atoms with E-state index in [-0.39, 0.29) is 29.6 Å². The van der Waals surface area contributed by atoms with E-state index in [4.69, 9.17) is 0 Å². The van der Waals surface area contributed by atoms with E-state index in [9.17, 15) is 14.0 Å². The highest BCUT2D eigenvalue weighted by atomic mass is 19.1. The van der Waals surface area contributed by atoms with Crippen molar-refractivity contribution >= 4 is 11.8 Å². The van der Waals surface area contributed by atoms with Crippen LogP contribution in [0, 0.1) is 5.82 Å². The van der Waals surface area contributed by atoms with Gasteiger partial charge in [0.2, 0.25) is 11.8 Å². The third-order valence-corrected chi connectivity index (χ3v) is 6.04. The second-order valence-electron chi connectivity index (χ2n) is 7.45. The van der Waals surface area contributed by atoms with Gasteiger partial charge in [-0.2, -0.15) is 0 Å². The Morgan fingerprint density at radius 1 is 1.19 bits per heavy atom. The van der Waals surface area contributed by atoms with Gasteiger partial charge < -0.3 is 9.80 Å². The molecule has 5 nitrogen and oxygen atoms in total. The smallest absolute Gasteiger partial charge is 0.227 e. The summed E-state index contributed by atoms with van der Waals surface area (Å²) in [6.07, 6.45) is 2.24. The number of hydrogen-bond donors (Lipinski definition) is 0. The zero-order valence-corrected chi connectivity index (χ0v) is 15.7. The molecule has 1 atom stereocenters. The summed E-state index contributed by atoms with van der Waals surface area (Å²) in [4.78, 5) is 31.1. The Labute approximate surface area is 154 Å². The van der Waals surface area contributed by atoms with Crippen molar-refractivity contribution < 1.29 is 14.0 Å². The minimum atomic E-state index is -0.330. The third-order valence-electron chi connectivity index (χ3n) is 6.04. The first-order valence-corrected chi connectivity index (χ1v) is 9.45. The van der Waals surface area contributed by atoms with E-state index in [1.54, 1.807) is 18.2 Å². The Morgan fingerprint density at radius 3 is 2.69 bits per heavy atom. The lowest BCUT2D eigenvalue weighted by Gasteiger charge is -2.49. The lowest BCUT2D eigenvalue weighted by atomic mass is 9.86. The van der Waals surface area contributed by atoms with Crippen molar-refractivity contribution in [3.05, 3.63) is 35.6 Å². The highest BCUT2D eigenvalue weighted by molar-refractivity contribution is 5.79. The van der Waals surface area contributed by atoms with Gasteiger partial charge in [-0.3, -0.25) is 14.5 Å². The number of amides is 2. The molecule has 2 fully saturated rings. The first-order valence-electron chi connectivity index (χ1n) is 9.45. The third kappa shape index (κ3) is 3.75. The van der Waals surface area contributed by atoms with Gasteiger partial charge in [0.1, 0.15) is 5.82 Å². The van der Waals surface area contributed by atoms with Gasteiger partial charge in [0.15, 0.2) is 0 Å². The maximum absolute atomic E-state index is 13.9. The van der Waals surface area contributed by atoms with Crippen LogP contribution in [-0.4, -0.2) is 71.8 Å². The molecule has 1 aromatic carbocycles. The molecule has 0 N–H and O–H groups in total. The highest BCUT2D eigenvalue weighted by Gasteiger charge is 2.43. The summed E-state index contributed by atoms with van der Waals surface area (Å²) in [5.41, 5.74) is 0.279. The van der Waals surface area contributed by atoms with E-state index in [1.165, 1.54) is 6.07 Å². The first-order chi connectivity index (χ1) is 12.4. The summed E-state index contributed by atoms with van der Waals surface area (Å²) in [6.45, 7) is 5.51. The Balaban J connectivity index is 1.72. The second kappa shape index (κ2) is 7.74. The lowest BCUT2D eigenvalue weighted by molar-refractivity contribution is -0.136. The topological polar surface area (TPSA) is 43.9 Å². The van der Waals surface area contributed by atoms with Gasteiger partial charge in [-0.15, -0.1) is 0 Å². The van der Waals surface area contributed by atoms with Crippen LogP contribution in [0.2, 0.25) is 0 Å². The van der Waals surface area contributed by atoms with Gasteiger partial charge in [-0.25, -0.2) is 4.39 Å². The van der Waals surface area contributed by atoms with Crippen molar-refractivity contribution in [3.8, 4) is 0 Å². The first kappa shape index (κ1) is 18.8. The summed E-state index contributed by atoms with van der Waals surface area (Å²) in [7, 11) is 2.09. The summed E-state index contributed by atoms with van der Waals surface area (Å²) in [5, 5.41) is 0. The van der Waals surface area contributed by atoms with Crippen molar-refractivity contribution in [3.63, 3.8) is 0 Å². The molecule has 1 spiro atoms. The fraction of sp³-hybridized carbons (Fsp3) is 0.600. The number of likely N-dealkylation sites (tertiary alicyclic amines) is 1. The molecule has 26 heavy (non-hydrogen) atoms. The molecule has 1 aromatic rings. The molecule has 3 rings (SSSR count). The van der Waals surface area contributed by atoms with Crippen LogP contribution >= 0.6 is 0 Å². The Morgan fingerprint density at radius 2 is 1.96 bits per heavy atom. The van der Waals surface area contributed by atoms with Crippen LogP contribution in [0.15, 0.2) is 24.3 Å². The number of benzene rings is 1. The van der Waals surface area contributed by atoms with Crippen molar-refractivity contribution in [2.75, 3.05) is 39.8 Å². The summed E-state index contributed by atoms with van der Waals surface area (Å²) < 4.78 is 13.9. The Bertz CT molecular complexity index is 681. The number of halogens is 1. The number of rotatable bonds is 3. The molecule has 2 amide bonds. The van der Waals surface area contributed by atoms with E-state index in [1.807, 2.05) is 16.7 Å². The number of carbonyl (C=O) groups excluding carboxylic acids is 2. The number of piperazine rings is 1. The molecule has 2 aliphatic heterocycles. The molecule has 2 saturated heterocycles. The lowest BCUT2D eigenvalue weighted by Crippen LogP contribution is -2.62. The number of likely N-dealkylation sites (N-methyl/N-ethyl adjacent to an activating group) is 1. The number of hydrogen-bond acceptors (Lipinski definition) is 3. The minimum absolute atomic E-state index is 0.0366. The molecule has 0 aromatic heterocycles. The standard InChI is InChI=1S/C20H28FN3O2/c1-3-23-11-10-20(9-8-18(23)25)15-24(13-12-22(20)2)19(26)14-16-6-4-5-7-17(16)21/h4-7H,3,8-15H2,1-2H3/t20-/m1/s1. The molecule has 6 heteroatoms. The summed E-state index contributed by atoms with van der Waals surface area (Å²) >= 11 is 0. The summed E-state index contributed by atoms with van der Waals surface area (Å²) in [6, 6.07) is 6.45. The van der Waals surface area contributed by atoms with E-state index in [2.05, 4.69) is 11.9 Å². The predicted octanol–water partition coefficient (Wildman–Crippen LogP) is 1.91. The van der Waals surface area contributed by atoms with Crippen LogP contribution < -0.4 is 0 Å². The fourth-order valence-corrected chi connectivity index (χ4v) is 4.16. The molecular formula is C20H28FN3O2. The maximum atomic E-state index is 13.9. The molecule has 0 unspecified atom stereocenters. The zero-order chi connectivity index (χ0) is 18.7. The van der Waals surface area contributed by atoms with Crippen LogP contribution in [0.3, 0.4) is 0 Å². The number of nitrogens with zero attached hydrogens (tertiary/aromatic N) is 3. The van der Waals surface area contributed by atoms with Crippen LogP contribution in [0.25, 0.3) is 0 Å². The normalized spacial score (nSPS) is 24.8. The van der Waals surface area contributed by atoms with E-state index >= 15 is 0 Å². The second-order valence-corrected chi connectivity index (χ2v) is 7.45. The van der Waals surface area contributed by atoms with E-state index in [0.29, 0.717) is 25.1 Å². The molecule has 0 radical (unpaired) electrons. The molecule has 0 aliphatic carbocycles. The van der Waals surface area contributed by atoms with Crippen molar-refractivity contribution in [1.29, 1.82) is 0 Å². The van der Waals surface area contributed by atoms with Crippen molar-refractivity contribution in [2.45, 2.75) is 38.1 Å². The van der Waals surface area contributed by atoms with Gasteiger partial charge in [0.05, 0.1) is 6.42 Å². The van der Waals surface area contributed by atoms with Gasteiger partial charge in [0, 0.05) is 44.7 Å². The molecule has 0 bridgehead atoms. The average molecular weight is 361 g/mol. The quantitative estimate of drug-likeness (QED) is 0.826. The monoisotopic (exact) mass is 361 g/mol. The Kier molecular flexibility index (Phi) is 5.61. The Hall–Kier alpha value is -1.95. The largest absolute Gasteiger partial charge is 0.343 e. The molecule has 142 valence electrons. The van der Waals surface area contributed by atoms with Crippen molar-refractivity contribution in [2.24, 2.45) is 0 Å². The average Bonchev–Trinajstić information content (AvgIpc) is 2.79. The molecule has 2 heterocycles.